The third-order valence-electron chi connectivity index (χ3n) is 5.70. The maximum absolute atomic E-state index is 6.21. The number of methoxy groups -OCH3 is 1. The summed E-state index contributed by atoms with van der Waals surface area (Å²) in [6, 6.07) is 13.3. The fraction of sp³-hybridized carbons (Fsp3) is 0.333. The minimum absolute atomic E-state index is 0.406. The number of benzene rings is 1. The summed E-state index contributed by atoms with van der Waals surface area (Å²) in [5.74, 6) is 0.863. The van der Waals surface area contributed by atoms with Gasteiger partial charge in [-0.25, -0.2) is 0 Å². The van der Waals surface area contributed by atoms with Crippen molar-refractivity contribution in [3.05, 3.63) is 64.6 Å². The van der Waals surface area contributed by atoms with Crippen LogP contribution < -0.4 is 4.74 Å². The number of aromatic nitrogens is 2. The van der Waals surface area contributed by atoms with Crippen LogP contribution in [-0.4, -0.2) is 28.0 Å². The molecule has 1 aromatic carbocycles. The second-order valence-corrected chi connectivity index (χ2v) is 7.61. The van der Waals surface area contributed by atoms with Gasteiger partial charge < -0.3 is 4.74 Å². The van der Waals surface area contributed by atoms with E-state index >= 15 is 0 Å². The molecule has 2 bridgehead atoms. The molecule has 1 fully saturated rings. The highest BCUT2D eigenvalue weighted by molar-refractivity contribution is 6.30. The molecule has 2 atom stereocenters. The molecule has 0 radical (unpaired) electrons. The third-order valence-corrected chi connectivity index (χ3v) is 5.91. The highest BCUT2D eigenvalue weighted by Gasteiger charge is 2.40. The molecule has 4 nitrogen and oxygen atoms in total. The predicted molar refractivity (Wildman–Crippen MR) is 103 cm³/mol. The molecule has 0 spiro atoms. The van der Waals surface area contributed by atoms with Crippen LogP contribution in [0.15, 0.2) is 42.6 Å². The van der Waals surface area contributed by atoms with Gasteiger partial charge in [-0.05, 0) is 48.7 Å². The van der Waals surface area contributed by atoms with Crippen molar-refractivity contribution < 1.29 is 4.74 Å². The Labute approximate surface area is 157 Å². The van der Waals surface area contributed by atoms with Crippen LogP contribution >= 0.6 is 11.6 Å². The van der Waals surface area contributed by atoms with Crippen molar-refractivity contribution in [2.24, 2.45) is 0 Å². The van der Waals surface area contributed by atoms with E-state index in [-0.39, 0.29) is 0 Å². The van der Waals surface area contributed by atoms with Crippen molar-refractivity contribution >= 4 is 22.5 Å². The van der Waals surface area contributed by atoms with Gasteiger partial charge in [0, 0.05) is 42.3 Å². The Balaban J connectivity index is 1.45. The first-order valence-electron chi connectivity index (χ1n) is 9.05. The van der Waals surface area contributed by atoms with E-state index in [4.69, 9.17) is 21.3 Å². The Bertz CT molecular complexity index is 990. The molecule has 3 aromatic rings. The largest absolute Gasteiger partial charge is 0.497 e. The van der Waals surface area contributed by atoms with Crippen LogP contribution in [0.25, 0.3) is 10.9 Å². The fourth-order valence-corrected chi connectivity index (χ4v) is 4.61. The standard InChI is InChI=1S/C21H20ClN3O/c1-26-17-5-6-19-13(8-17)2-3-15(24-19)12-25-16-4-7-21(25)18-9-14(22)11-23-20(18)10-16/h2-3,5-6,8-9,11,16,21H,4,7,10,12H2,1H3. The zero-order chi connectivity index (χ0) is 17.7. The number of halogens is 1. The van der Waals surface area contributed by atoms with Gasteiger partial charge in [0.2, 0.25) is 0 Å². The molecule has 5 rings (SSSR count). The number of pyridine rings is 2. The van der Waals surface area contributed by atoms with Crippen LogP contribution in [0.2, 0.25) is 5.02 Å². The first kappa shape index (κ1) is 16.0. The quantitative estimate of drug-likeness (QED) is 0.682. The van der Waals surface area contributed by atoms with E-state index < -0.39 is 0 Å². The molecular formula is C21H20ClN3O. The Morgan fingerprint density at radius 3 is 3.00 bits per heavy atom. The van der Waals surface area contributed by atoms with Crippen LogP contribution in [0.3, 0.4) is 0 Å². The summed E-state index contributed by atoms with van der Waals surface area (Å²) in [4.78, 5) is 12.0. The molecule has 132 valence electrons. The monoisotopic (exact) mass is 365 g/mol. The molecule has 26 heavy (non-hydrogen) atoms. The van der Waals surface area contributed by atoms with E-state index in [0.717, 1.165) is 40.3 Å². The highest BCUT2D eigenvalue weighted by Crippen LogP contribution is 2.44. The van der Waals surface area contributed by atoms with Crippen molar-refractivity contribution in [2.75, 3.05) is 7.11 Å². The second kappa shape index (κ2) is 6.22. The molecule has 5 heteroatoms. The van der Waals surface area contributed by atoms with Crippen LogP contribution in [-0.2, 0) is 13.0 Å². The molecule has 0 amide bonds. The Kier molecular flexibility index (Phi) is 3.84. The zero-order valence-electron chi connectivity index (χ0n) is 14.7. The number of ether oxygens (including phenoxy) is 1. The van der Waals surface area contributed by atoms with Crippen molar-refractivity contribution in [2.45, 2.75) is 37.9 Å². The molecule has 2 aliphatic rings. The fourth-order valence-electron chi connectivity index (χ4n) is 4.44. The van der Waals surface area contributed by atoms with Gasteiger partial charge >= 0.3 is 0 Å². The summed E-state index contributed by atoms with van der Waals surface area (Å²) in [6.07, 6.45) is 5.16. The summed E-state index contributed by atoms with van der Waals surface area (Å²) < 4.78 is 5.30. The second-order valence-electron chi connectivity index (χ2n) is 7.17. The average molecular weight is 366 g/mol. The maximum Gasteiger partial charge on any atom is 0.119 e. The Morgan fingerprint density at radius 2 is 2.12 bits per heavy atom. The number of nitrogens with zero attached hydrogens (tertiary/aromatic N) is 3. The molecular weight excluding hydrogens is 346 g/mol. The van der Waals surface area contributed by atoms with E-state index in [2.05, 4.69) is 28.1 Å². The summed E-state index contributed by atoms with van der Waals surface area (Å²) in [6.45, 7) is 0.864. The van der Waals surface area contributed by atoms with Crippen molar-refractivity contribution in [3.63, 3.8) is 0 Å². The van der Waals surface area contributed by atoms with E-state index in [1.165, 1.54) is 24.1 Å². The van der Waals surface area contributed by atoms with Gasteiger partial charge in [-0.3, -0.25) is 14.9 Å². The highest BCUT2D eigenvalue weighted by atomic mass is 35.5. The minimum atomic E-state index is 0.406. The lowest BCUT2D eigenvalue weighted by atomic mass is 9.97. The van der Waals surface area contributed by atoms with E-state index in [9.17, 15) is 0 Å². The van der Waals surface area contributed by atoms with E-state index in [1.807, 2.05) is 18.2 Å². The Hall–Kier alpha value is -2.17. The summed E-state index contributed by atoms with van der Waals surface area (Å²) in [5.41, 5.74) is 4.64. The topological polar surface area (TPSA) is 38.2 Å². The summed E-state index contributed by atoms with van der Waals surface area (Å²) in [5, 5.41) is 1.84. The van der Waals surface area contributed by atoms with Crippen molar-refractivity contribution in [1.29, 1.82) is 0 Å². The first-order valence-corrected chi connectivity index (χ1v) is 9.43. The molecule has 0 N–H and O–H groups in total. The summed E-state index contributed by atoms with van der Waals surface area (Å²) in [7, 11) is 1.69. The molecule has 1 saturated heterocycles. The molecule has 4 heterocycles. The van der Waals surface area contributed by atoms with Gasteiger partial charge in [0.05, 0.1) is 23.3 Å². The molecule has 0 saturated carbocycles. The molecule has 0 aliphatic carbocycles. The van der Waals surface area contributed by atoms with Gasteiger partial charge in [0.25, 0.3) is 0 Å². The SMILES string of the molecule is COc1ccc2nc(CN3C4CCC3c3cc(Cl)cnc3C4)ccc2c1. The predicted octanol–water partition coefficient (Wildman–Crippen LogP) is 4.55. The van der Waals surface area contributed by atoms with Gasteiger partial charge in [-0.2, -0.15) is 0 Å². The summed E-state index contributed by atoms with van der Waals surface area (Å²) >= 11 is 6.21. The molecule has 2 aliphatic heterocycles. The lowest BCUT2D eigenvalue weighted by Gasteiger charge is -2.35. The number of fused-ring (bicyclic) bond motifs is 5. The lowest BCUT2D eigenvalue weighted by Crippen LogP contribution is -2.37. The van der Waals surface area contributed by atoms with Crippen LogP contribution in [0.1, 0.15) is 35.8 Å². The number of hydrogen-bond donors (Lipinski definition) is 0. The number of hydrogen-bond acceptors (Lipinski definition) is 4. The lowest BCUT2D eigenvalue weighted by molar-refractivity contribution is 0.164. The van der Waals surface area contributed by atoms with Gasteiger partial charge in [0.1, 0.15) is 5.75 Å². The van der Waals surface area contributed by atoms with Crippen LogP contribution in [0, 0.1) is 0 Å². The minimum Gasteiger partial charge on any atom is -0.497 e. The van der Waals surface area contributed by atoms with E-state index in [0.29, 0.717) is 12.1 Å². The van der Waals surface area contributed by atoms with E-state index in [1.54, 1.807) is 13.3 Å². The van der Waals surface area contributed by atoms with Crippen molar-refractivity contribution in [3.8, 4) is 5.75 Å². The maximum atomic E-state index is 6.21. The Morgan fingerprint density at radius 1 is 1.19 bits per heavy atom. The van der Waals surface area contributed by atoms with Gasteiger partial charge in [-0.1, -0.05) is 17.7 Å². The molecule has 2 unspecified atom stereocenters. The molecule has 2 aromatic heterocycles. The first-order chi connectivity index (χ1) is 12.7. The number of rotatable bonds is 3. The average Bonchev–Trinajstić information content (AvgIpc) is 2.94. The smallest absolute Gasteiger partial charge is 0.119 e. The normalized spacial score (nSPS) is 21.8. The van der Waals surface area contributed by atoms with Crippen molar-refractivity contribution in [1.82, 2.24) is 14.9 Å². The van der Waals surface area contributed by atoms with Crippen LogP contribution in [0.5, 0.6) is 5.75 Å². The van der Waals surface area contributed by atoms with Gasteiger partial charge in [-0.15, -0.1) is 0 Å². The zero-order valence-corrected chi connectivity index (χ0v) is 15.4. The van der Waals surface area contributed by atoms with Gasteiger partial charge in [0.15, 0.2) is 0 Å². The third kappa shape index (κ3) is 2.65. The van der Waals surface area contributed by atoms with Crippen LogP contribution in [0.4, 0.5) is 0 Å².